The van der Waals surface area contributed by atoms with E-state index in [1.54, 1.807) is 24.5 Å². The van der Waals surface area contributed by atoms with Gasteiger partial charge in [0.05, 0.1) is 31.2 Å². The SMILES string of the molecule is Cn1ncc(-c2ccc3cnc(NC(=O)c4ccnc(C5CNCCO5)c4)cc3c2)c1CC1CNCCO1. The van der Waals surface area contributed by atoms with Gasteiger partial charge < -0.3 is 25.4 Å². The summed E-state index contributed by atoms with van der Waals surface area (Å²) >= 11 is 0. The number of pyridine rings is 2. The second kappa shape index (κ2) is 11.0. The maximum absolute atomic E-state index is 13.0. The number of carbonyl (C=O) groups excluding carboxylic acids is 1. The lowest BCUT2D eigenvalue weighted by molar-refractivity contribution is 0.0250. The molecule has 2 saturated heterocycles. The number of carbonyl (C=O) groups is 1. The Morgan fingerprint density at radius 3 is 2.71 bits per heavy atom. The van der Waals surface area contributed by atoms with Crippen LogP contribution in [-0.4, -0.2) is 71.2 Å². The van der Waals surface area contributed by atoms with Crippen LogP contribution in [0, 0.1) is 0 Å². The molecule has 4 aromatic rings. The minimum absolute atomic E-state index is 0.124. The smallest absolute Gasteiger partial charge is 0.256 e. The lowest BCUT2D eigenvalue weighted by Crippen LogP contribution is -2.40. The van der Waals surface area contributed by atoms with Crippen LogP contribution in [0.1, 0.15) is 27.8 Å². The molecule has 10 nitrogen and oxygen atoms in total. The summed E-state index contributed by atoms with van der Waals surface area (Å²) in [6.45, 7) is 4.57. The molecular formula is C28H31N7O3. The van der Waals surface area contributed by atoms with Gasteiger partial charge in [0.15, 0.2) is 0 Å². The van der Waals surface area contributed by atoms with Gasteiger partial charge in [-0.25, -0.2) is 4.98 Å². The molecule has 10 heteroatoms. The molecular weight excluding hydrogens is 482 g/mol. The predicted octanol–water partition coefficient (Wildman–Crippen LogP) is 2.47. The molecule has 0 bridgehead atoms. The van der Waals surface area contributed by atoms with Crippen molar-refractivity contribution in [2.45, 2.75) is 18.6 Å². The Kier molecular flexibility index (Phi) is 7.10. The fraction of sp³-hybridized carbons (Fsp3) is 0.357. The van der Waals surface area contributed by atoms with Crippen LogP contribution in [0.5, 0.6) is 0 Å². The van der Waals surface area contributed by atoms with Crippen molar-refractivity contribution in [3.8, 4) is 11.1 Å². The molecule has 0 saturated carbocycles. The number of hydrogen-bond donors (Lipinski definition) is 3. The van der Waals surface area contributed by atoms with E-state index in [9.17, 15) is 4.79 Å². The summed E-state index contributed by atoms with van der Waals surface area (Å²) in [6.07, 6.45) is 6.07. The topological polar surface area (TPSA) is 115 Å². The molecule has 5 heterocycles. The lowest BCUT2D eigenvalue weighted by Gasteiger charge is -2.24. The summed E-state index contributed by atoms with van der Waals surface area (Å²) in [5.41, 5.74) is 4.52. The van der Waals surface area contributed by atoms with Crippen LogP contribution >= 0.6 is 0 Å². The van der Waals surface area contributed by atoms with Gasteiger partial charge in [-0.1, -0.05) is 12.1 Å². The highest BCUT2D eigenvalue weighted by atomic mass is 16.5. The van der Waals surface area contributed by atoms with Crippen molar-refractivity contribution in [1.82, 2.24) is 30.4 Å². The van der Waals surface area contributed by atoms with Crippen molar-refractivity contribution in [2.75, 3.05) is 44.7 Å². The van der Waals surface area contributed by atoms with Crippen LogP contribution in [0.2, 0.25) is 0 Å². The number of fused-ring (bicyclic) bond motifs is 1. The quantitative estimate of drug-likeness (QED) is 0.360. The number of aromatic nitrogens is 4. The van der Waals surface area contributed by atoms with E-state index in [0.29, 0.717) is 24.5 Å². The third-order valence-corrected chi connectivity index (χ3v) is 7.06. The number of rotatable bonds is 6. The maximum atomic E-state index is 13.0. The Hall–Kier alpha value is -3.70. The number of ether oxygens (including phenoxy) is 2. The highest BCUT2D eigenvalue weighted by Gasteiger charge is 2.21. The summed E-state index contributed by atoms with van der Waals surface area (Å²) in [5, 5.41) is 16.1. The summed E-state index contributed by atoms with van der Waals surface area (Å²) in [5.74, 6) is 0.248. The van der Waals surface area contributed by atoms with Gasteiger partial charge in [0, 0.05) is 74.2 Å². The summed E-state index contributed by atoms with van der Waals surface area (Å²) in [6, 6.07) is 11.6. The molecule has 2 aliphatic rings. The lowest BCUT2D eigenvalue weighted by atomic mass is 10.00. The normalized spacial score (nSPS) is 19.9. The number of anilines is 1. The monoisotopic (exact) mass is 513 g/mol. The average molecular weight is 514 g/mol. The van der Waals surface area contributed by atoms with Crippen LogP contribution in [0.15, 0.2) is 55.0 Å². The van der Waals surface area contributed by atoms with Crippen LogP contribution < -0.4 is 16.0 Å². The first kappa shape index (κ1) is 24.6. The number of morpholine rings is 2. The van der Waals surface area contributed by atoms with E-state index in [1.807, 2.05) is 30.1 Å². The Morgan fingerprint density at radius 2 is 1.89 bits per heavy atom. The molecule has 0 spiro atoms. The van der Waals surface area contributed by atoms with E-state index in [2.05, 4.69) is 43.1 Å². The Bertz CT molecular complexity index is 1440. The number of benzene rings is 1. The summed E-state index contributed by atoms with van der Waals surface area (Å²) in [4.78, 5) is 21.9. The zero-order valence-corrected chi connectivity index (χ0v) is 21.3. The Balaban J connectivity index is 1.22. The zero-order chi connectivity index (χ0) is 25.9. The van der Waals surface area contributed by atoms with Gasteiger partial charge in [-0.05, 0) is 35.2 Å². The predicted molar refractivity (Wildman–Crippen MR) is 144 cm³/mol. The number of aryl methyl sites for hydroxylation is 1. The van der Waals surface area contributed by atoms with Crippen molar-refractivity contribution >= 4 is 22.5 Å². The van der Waals surface area contributed by atoms with Gasteiger partial charge in [-0.3, -0.25) is 14.5 Å². The van der Waals surface area contributed by atoms with Crippen molar-refractivity contribution in [1.29, 1.82) is 0 Å². The number of hydrogen-bond acceptors (Lipinski definition) is 8. The van der Waals surface area contributed by atoms with Crippen molar-refractivity contribution < 1.29 is 14.3 Å². The maximum Gasteiger partial charge on any atom is 0.256 e. The summed E-state index contributed by atoms with van der Waals surface area (Å²) < 4.78 is 13.6. The molecule has 38 heavy (non-hydrogen) atoms. The van der Waals surface area contributed by atoms with Crippen LogP contribution in [-0.2, 0) is 22.9 Å². The molecule has 2 atom stereocenters. The van der Waals surface area contributed by atoms with Gasteiger partial charge in [0.2, 0.25) is 0 Å². The van der Waals surface area contributed by atoms with E-state index in [4.69, 9.17) is 9.47 Å². The first-order valence-corrected chi connectivity index (χ1v) is 13.0. The van der Waals surface area contributed by atoms with E-state index >= 15 is 0 Å². The molecule has 196 valence electrons. The van der Waals surface area contributed by atoms with E-state index in [0.717, 1.165) is 65.9 Å². The number of nitrogens with zero attached hydrogens (tertiary/aromatic N) is 4. The largest absolute Gasteiger partial charge is 0.375 e. The van der Waals surface area contributed by atoms with E-state index in [1.165, 1.54) is 0 Å². The van der Waals surface area contributed by atoms with Gasteiger partial charge >= 0.3 is 0 Å². The zero-order valence-electron chi connectivity index (χ0n) is 21.3. The van der Waals surface area contributed by atoms with Crippen molar-refractivity contribution in [3.05, 3.63) is 71.9 Å². The molecule has 3 N–H and O–H groups in total. The van der Waals surface area contributed by atoms with E-state index in [-0.39, 0.29) is 18.1 Å². The molecule has 1 aromatic carbocycles. The first-order chi connectivity index (χ1) is 18.6. The third kappa shape index (κ3) is 5.30. The minimum Gasteiger partial charge on any atom is -0.375 e. The van der Waals surface area contributed by atoms with Crippen LogP contribution in [0.4, 0.5) is 5.82 Å². The highest BCUT2D eigenvalue weighted by molar-refractivity contribution is 6.04. The molecule has 1 amide bonds. The second-order valence-corrected chi connectivity index (χ2v) is 9.65. The minimum atomic E-state index is -0.240. The molecule has 3 aromatic heterocycles. The molecule has 0 radical (unpaired) electrons. The molecule has 0 aliphatic carbocycles. The fourth-order valence-electron chi connectivity index (χ4n) is 5.00. The summed E-state index contributed by atoms with van der Waals surface area (Å²) in [7, 11) is 1.97. The molecule has 2 fully saturated rings. The standard InChI is InChI=1S/C28H31N7O3/c1-35-25(13-22-15-29-6-8-37-22)23(16-33-35)18-2-3-20-14-32-27(12-21(20)10-18)34-28(36)19-4-5-31-24(11-19)26-17-30-7-9-38-26/h2-5,10-12,14,16,22,26,29-30H,6-9,13,15,17H2,1H3,(H,32,34,36). The second-order valence-electron chi connectivity index (χ2n) is 9.65. The van der Waals surface area contributed by atoms with Gasteiger partial charge in [0.25, 0.3) is 5.91 Å². The average Bonchev–Trinajstić information content (AvgIpc) is 3.33. The van der Waals surface area contributed by atoms with Gasteiger partial charge in [-0.15, -0.1) is 0 Å². The van der Waals surface area contributed by atoms with Crippen molar-refractivity contribution in [2.24, 2.45) is 7.05 Å². The Morgan fingerprint density at radius 1 is 1.03 bits per heavy atom. The van der Waals surface area contributed by atoms with Crippen LogP contribution in [0.3, 0.4) is 0 Å². The first-order valence-electron chi connectivity index (χ1n) is 13.0. The highest BCUT2D eigenvalue weighted by Crippen LogP contribution is 2.29. The van der Waals surface area contributed by atoms with Crippen molar-refractivity contribution in [3.63, 3.8) is 0 Å². The van der Waals surface area contributed by atoms with E-state index < -0.39 is 0 Å². The molecule has 2 unspecified atom stereocenters. The Labute approximate surface area is 220 Å². The van der Waals surface area contributed by atoms with Gasteiger partial charge in [-0.2, -0.15) is 5.10 Å². The number of amides is 1. The fourth-order valence-corrected chi connectivity index (χ4v) is 5.00. The molecule has 6 rings (SSSR count). The number of nitrogens with one attached hydrogen (secondary N) is 3. The third-order valence-electron chi connectivity index (χ3n) is 7.06. The van der Waals surface area contributed by atoms with Crippen LogP contribution in [0.25, 0.3) is 21.9 Å². The molecule has 2 aliphatic heterocycles. The van der Waals surface area contributed by atoms with Gasteiger partial charge in [0.1, 0.15) is 11.9 Å².